The third-order valence-electron chi connectivity index (χ3n) is 8.74. The number of fused-ring (bicyclic) bond motifs is 5. The third kappa shape index (κ3) is 4.43. The lowest BCUT2D eigenvalue weighted by atomic mass is 9.92. The summed E-state index contributed by atoms with van der Waals surface area (Å²) < 4.78 is 59.1. The van der Waals surface area contributed by atoms with Crippen LogP contribution in [0.5, 0.6) is 11.8 Å². The number of aromatic nitrogens is 2. The molecule has 8 rings (SSSR count). The van der Waals surface area contributed by atoms with Gasteiger partial charge in [-0.3, -0.25) is 0 Å². The van der Waals surface area contributed by atoms with Crippen molar-refractivity contribution in [2.45, 2.75) is 56.8 Å². The van der Waals surface area contributed by atoms with Gasteiger partial charge < -0.3 is 29.9 Å². The number of anilines is 2. The van der Waals surface area contributed by atoms with E-state index in [0.717, 1.165) is 61.9 Å². The number of benzene rings is 2. The predicted octanol–water partition coefficient (Wildman–Crippen LogP) is 3.59. The fourth-order valence-corrected chi connectivity index (χ4v) is 6.65. The second kappa shape index (κ2) is 9.75. The summed E-state index contributed by atoms with van der Waals surface area (Å²) in [5, 5.41) is 14.5. The number of likely N-dealkylation sites (N-methyl/N-ethyl adjacent to an activating group) is 1. The lowest BCUT2D eigenvalue weighted by molar-refractivity contribution is 0.187. The van der Waals surface area contributed by atoms with Crippen LogP contribution in [-0.4, -0.2) is 77.9 Å². The molecule has 4 fully saturated rings. The van der Waals surface area contributed by atoms with E-state index in [2.05, 4.69) is 10.2 Å². The Labute approximate surface area is 230 Å². The molecule has 2 bridgehead atoms. The van der Waals surface area contributed by atoms with Gasteiger partial charge in [-0.2, -0.15) is 9.97 Å². The van der Waals surface area contributed by atoms with E-state index >= 15 is 4.39 Å². The number of phenols is 1. The van der Waals surface area contributed by atoms with Crippen molar-refractivity contribution in [2.75, 3.05) is 49.6 Å². The van der Waals surface area contributed by atoms with Crippen molar-refractivity contribution in [2.24, 2.45) is 0 Å². The molecule has 6 heterocycles. The average Bonchev–Trinajstić information content (AvgIpc) is 3.47. The summed E-state index contributed by atoms with van der Waals surface area (Å²) >= 11 is 0. The number of piperidine rings is 2. The number of ether oxygens (including phenoxy) is 1. The van der Waals surface area contributed by atoms with Gasteiger partial charge in [0, 0.05) is 58.9 Å². The first-order valence-corrected chi connectivity index (χ1v) is 13.8. The van der Waals surface area contributed by atoms with Crippen molar-refractivity contribution in [1.82, 2.24) is 20.2 Å². The number of nitrogens with zero attached hydrogens (tertiary/aromatic N) is 5. The SMILES string of the molecule is [2H]C([2H])([2H])N1CCC[C@H]1COc1nc2c(c(N3CC4CCC3CN4)n1)CCN(c1cc(O)cc3ccc(F)c(F)c13)C2. The third-order valence-corrected chi connectivity index (χ3v) is 8.74. The number of rotatable bonds is 5. The summed E-state index contributed by atoms with van der Waals surface area (Å²) in [5.74, 6) is -1.09. The van der Waals surface area contributed by atoms with Gasteiger partial charge in [-0.15, -0.1) is 0 Å². The summed E-state index contributed by atoms with van der Waals surface area (Å²) in [5.41, 5.74) is 2.13. The van der Waals surface area contributed by atoms with E-state index in [1.54, 1.807) is 0 Å². The van der Waals surface area contributed by atoms with Crippen LogP contribution in [0.25, 0.3) is 10.8 Å². The van der Waals surface area contributed by atoms with Gasteiger partial charge in [-0.1, -0.05) is 6.07 Å². The quantitative estimate of drug-likeness (QED) is 0.510. The molecule has 5 aliphatic heterocycles. The van der Waals surface area contributed by atoms with Crippen molar-refractivity contribution in [1.29, 1.82) is 0 Å². The van der Waals surface area contributed by atoms with Crippen molar-refractivity contribution in [3.63, 3.8) is 0 Å². The van der Waals surface area contributed by atoms with Gasteiger partial charge in [0.2, 0.25) is 0 Å². The Kier molecular flexibility index (Phi) is 5.39. The maximum Gasteiger partial charge on any atom is 0.318 e. The highest BCUT2D eigenvalue weighted by molar-refractivity contribution is 5.96. The molecule has 4 saturated heterocycles. The van der Waals surface area contributed by atoms with Crippen LogP contribution in [0.4, 0.5) is 20.3 Å². The smallest absolute Gasteiger partial charge is 0.318 e. The minimum Gasteiger partial charge on any atom is -0.508 e. The van der Waals surface area contributed by atoms with Gasteiger partial charge in [0.1, 0.15) is 18.2 Å². The van der Waals surface area contributed by atoms with Crippen LogP contribution < -0.4 is 19.9 Å². The van der Waals surface area contributed by atoms with E-state index in [4.69, 9.17) is 18.8 Å². The molecular formula is C29H34F2N6O2. The Bertz CT molecular complexity index is 1520. The molecule has 3 atom stereocenters. The zero-order valence-electron chi connectivity index (χ0n) is 24.7. The van der Waals surface area contributed by atoms with E-state index < -0.39 is 18.6 Å². The molecule has 2 aromatic carbocycles. The van der Waals surface area contributed by atoms with Crippen LogP contribution in [0, 0.1) is 11.6 Å². The minimum atomic E-state index is -2.19. The van der Waals surface area contributed by atoms with Crippen molar-refractivity contribution in [3.8, 4) is 11.8 Å². The first-order valence-electron chi connectivity index (χ1n) is 15.3. The molecule has 5 aliphatic rings. The Morgan fingerprint density at radius 1 is 1.18 bits per heavy atom. The molecule has 10 heteroatoms. The Morgan fingerprint density at radius 3 is 2.90 bits per heavy atom. The largest absolute Gasteiger partial charge is 0.508 e. The van der Waals surface area contributed by atoms with E-state index in [9.17, 15) is 9.50 Å². The summed E-state index contributed by atoms with van der Waals surface area (Å²) in [4.78, 5) is 15.4. The van der Waals surface area contributed by atoms with E-state index in [1.807, 2.05) is 4.90 Å². The number of hydrogen-bond donors (Lipinski definition) is 2. The molecule has 0 saturated carbocycles. The lowest BCUT2D eigenvalue weighted by Gasteiger charge is -2.47. The molecule has 2 N–H and O–H groups in total. The average molecular weight is 540 g/mol. The van der Waals surface area contributed by atoms with Crippen LogP contribution in [0.15, 0.2) is 24.3 Å². The summed E-state index contributed by atoms with van der Waals surface area (Å²) in [6.07, 6.45) is 4.27. The first-order chi connectivity index (χ1) is 20.2. The Morgan fingerprint density at radius 2 is 2.10 bits per heavy atom. The highest BCUT2D eigenvalue weighted by atomic mass is 19.2. The molecule has 0 spiro atoms. The first kappa shape index (κ1) is 21.6. The molecule has 0 amide bonds. The maximum absolute atomic E-state index is 15.1. The molecule has 0 radical (unpaired) electrons. The normalized spacial score (nSPS) is 26.4. The number of likely N-dealkylation sites (tertiary alicyclic amines) is 1. The van der Waals surface area contributed by atoms with E-state index in [1.165, 1.54) is 23.1 Å². The van der Waals surface area contributed by atoms with Gasteiger partial charge in [-0.25, -0.2) is 8.78 Å². The zero-order chi connectivity index (χ0) is 29.2. The van der Waals surface area contributed by atoms with Crippen LogP contribution >= 0.6 is 0 Å². The van der Waals surface area contributed by atoms with Gasteiger partial charge >= 0.3 is 6.01 Å². The summed E-state index contributed by atoms with van der Waals surface area (Å²) in [6, 6.07) is 6.03. The molecule has 8 nitrogen and oxygen atoms in total. The summed E-state index contributed by atoms with van der Waals surface area (Å²) in [7, 11) is 0. The number of aromatic hydroxyl groups is 1. The van der Waals surface area contributed by atoms with Crippen LogP contribution in [0.1, 0.15) is 41.1 Å². The number of piperazine rings is 1. The maximum atomic E-state index is 15.1. The Balaban J connectivity index is 1.24. The van der Waals surface area contributed by atoms with Crippen molar-refractivity contribution in [3.05, 3.63) is 47.2 Å². The summed E-state index contributed by atoms with van der Waals surface area (Å²) in [6.45, 7) is 0.973. The molecule has 206 valence electrons. The number of nitrogens with one attached hydrogen (secondary N) is 1. The van der Waals surface area contributed by atoms with Gasteiger partial charge in [-0.05, 0) is 63.1 Å². The van der Waals surface area contributed by atoms with E-state index in [0.29, 0.717) is 49.2 Å². The van der Waals surface area contributed by atoms with Crippen molar-refractivity contribution < 1.29 is 22.7 Å². The van der Waals surface area contributed by atoms with Gasteiger partial charge in [0.25, 0.3) is 0 Å². The van der Waals surface area contributed by atoms with Crippen LogP contribution in [0.3, 0.4) is 0 Å². The number of halogens is 2. The molecule has 39 heavy (non-hydrogen) atoms. The van der Waals surface area contributed by atoms with Crippen LogP contribution in [0.2, 0.25) is 0 Å². The molecule has 1 aromatic heterocycles. The highest BCUT2D eigenvalue weighted by Crippen LogP contribution is 2.39. The lowest BCUT2D eigenvalue weighted by Crippen LogP contribution is -2.61. The molecule has 2 unspecified atom stereocenters. The number of hydrogen-bond acceptors (Lipinski definition) is 8. The number of phenolic OH excluding ortho intramolecular Hbond substituents is 1. The standard InChI is InChI=1S/C29H34F2N6O2/c1-35-9-2-3-20(35)16-39-29-33-24-15-36(25-12-21(38)11-17-4-7-23(30)27(31)26(17)25)10-8-22(24)28(34-29)37-14-18-5-6-19(37)13-32-18/h4,7,11-12,18-20,32,38H,2-3,5-6,8-10,13-16H2,1H3/t18?,19?,20-/m0/s1/i1D3. The fraction of sp³-hybridized carbons (Fsp3) is 0.517. The molecule has 0 aliphatic carbocycles. The molecular weight excluding hydrogens is 502 g/mol. The molecule has 3 aromatic rings. The van der Waals surface area contributed by atoms with E-state index in [-0.39, 0.29) is 29.8 Å². The van der Waals surface area contributed by atoms with Crippen LogP contribution in [-0.2, 0) is 13.0 Å². The monoisotopic (exact) mass is 539 g/mol. The van der Waals surface area contributed by atoms with Gasteiger partial charge in [0.15, 0.2) is 11.6 Å². The predicted molar refractivity (Wildman–Crippen MR) is 146 cm³/mol. The van der Waals surface area contributed by atoms with Crippen molar-refractivity contribution >= 4 is 22.3 Å². The fourth-order valence-electron chi connectivity index (χ4n) is 6.65. The van der Waals surface area contributed by atoms with Gasteiger partial charge in [0.05, 0.1) is 17.9 Å². The minimum absolute atomic E-state index is 0.0334. The highest BCUT2D eigenvalue weighted by Gasteiger charge is 2.37. The second-order valence-corrected chi connectivity index (χ2v) is 11.1. The Hall–Kier alpha value is -3.24. The zero-order valence-corrected chi connectivity index (χ0v) is 21.7. The topological polar surface area (TPSA) is 77.0 Å². The second-order valence-electron chi connectivity index (χ2n) is 11.1.